The lowest BCUT2D eigenvalue weighted by Crippen LogP contribution is -2.17. The molecule has 0 aliphatic carbocycles. The van der Waals surface area contributed by atoms with E-state index in [-0.39, 0.29) is 19.1 Å². The number of carbonyl (C=O) groups excluding carboxylic acids is 2. The third-order valence-electron chi connectivity index (χ3n) is 3.79. The van der Waals surface area contributed by atoms with Crippen LogP contribution in [-0.4, -0.2) is 35.5 Å². The van der Waals surface area contributed by atoms with Crippen molar-refractivity contribution in [1.82, 2.24) is 15.3 Å². The molecular weight excluding hydrogens is 368 g/mol. The molecule has 1 amide bonds. The Morgan fingerprint density at radius 3 is 2.85 bits per heavy atom. The van der Waals surface area contributed by atoms with Gasteiger partial charge in [0, 0.05) is 30.4 Å². The Morgan fingerprint density at radius 1 is 1.30 bits per heavy atom. The number of thiophene rings is 1. The van der Waals surface area contributed by atoms with Crippen LogP contribution in [0, 0.1) is 0 Å². The highest BCUT2D eigenvalue weighted by molar-refractivity contribution is 7.17. The summed E-state index contributed by atoms with van der Waals surface area (Å²) in [7, 11) is 1.55. The van der Waals surface area contributed by atoms with Crippen molar-refractivity contribution in [2.24, 2.45) is 0 Å². The van der Waals surface area contributed by atoms with Gasteiger partial charge < -0.3 is 20.5 Å². The molecule has 0 fully saturated rings. The maximum absolute atomic E-state index is 12.1. The van der Waals surface area contributed by atoms with Crippen molar-refractivity contribution in [3.63, 3.8) is 0 Å². The van der Waals surface area contributed by atoms with E-state index in [1.165, 1.54) is 29.9 Å². The Hall–Kier alpha value is -3.20. The highest BCUT2D eigenvalue weighted by Crippen LogP contribution is 2.33. The summed E-state index contributed by atoms with van der Waals surface area (Å²) in [6.07, 6.45) is 4.40. The highest BCUT2D eigenvalue weighted by Gasteiger charge is 2.18. The summed E-state index contributed by atoms with van der Waals surface area (Å²) in [4.78, 5) is 31.9. The Morgan fingerprint density at radius 2 is 2.11 bits per heavy atom. The van der Waals surface area contributed by atoms with E-state index in [1.54, 1.807) is 20.0 Å². The number of hydrogen-bond acceptors (Lipinski definition) is 8. The van der Waals surface area contributed by atoms with Crippen LogP contribution in [0.15, 0.2) is 30.0 Å². The number of esters is 1. The normalized spacial score (nSPS) is 10.6. The molecule has 140 valence electrons. The van der Waals surface area contributed by atoms with E-state index in [1.807, 2.05) is 5.38 Å². The van der Waals surface area contributed by atoms with E-state index in [0.717, 1.165) is 5.56 Å². The molecule has 3 heterocycles. The molecule has 0 radical (unpaired) electrons. The Kier molecular flexibility index (Phi) is 5.51. The summed E-state index contributed by atoms with van der Waals surface area (Å²) >= 11 is 1.38. The van der Waals surface area contributed by atoms with Crippen molar-refractivity contribution in [2.45, 2.75) is 13.5 Å². The van der Waals surface area contributed by atoms with Crippen LogP contribution in [0.25, 0.3) is 10.1 Å². The molecule has 9 heteroatoms. The lowest BCUT2D eigenvalue weighted by atomic mass is 10.1. The van der Waals surface area contributed by atoms with Crippen LogP contribution in [0.4, 0.5) is 5.82 Å². The topological polar surface area (TPSA) is 116 Å². The molecule has 3 aromatic heterocycles. The zero-order chi connectivity index (χ0) is 19.4. The molecule has 0 saturated heterocycles. The number of pyridine rings is 2. The fourth-order valence-corrected chi connectivity index (χ4v) is 3.58. The van der Waals surface area contributed by atoms with Gasteiger partial charge in [0.05, 0.1) is 28.6 Å². The van der Waals surface area contributed by atoms with Crippen LogP contribution in [-0.2, 0) is 11.3 Å². The van der Waals surface area contributed by atoms with Gasteiger partial charge in [-0.05, 0) is 18.4 Å². The third kappa shape index (κ3) is 3.82. The van der Waals surface area contributed by atoms with E-state index in [9.17, 15) is 9.59 Å². The molecule has 27 heavy (non-hydrogen) atoms. The fourth-order valence-electron chi connectivity index (χ4n) is 2.52. The highest BCUT2D eigenvalue weighted by atomic mass is 32.1. The monoisotopic (exact) mass is 386 g/mol. The molecule has 0 atom stereocenters. The first kappa shape index (κ1) is 18.6. The molecule has 3 aromatic rings. The lowest BCUT2D eigenvalue weighted by molar-refractivity contribution is 0.0528. The molecule has 8 nitrogen and oxygen atoms in total. The van der Waals surface area contributed by atoms with E-state index < -0.39 is 5.97 Å². The minimum atomic E-state index is -0.438. The van der Waals surface area contributed by atoms with Crippen molar-refractivity contribution in [3.8, 4) is 5.75 Å². The number of ether oxygens (including phenoxy) is 2. The minimum absolute atomic E-state index is 0.192. The van der Waals surface area contributed by atoms with Crippen molar-refractivity contribution in [3.05, 3.63) is 46.7 Å². The summed E-state index contributed by atoms with van der Waals surface area (Å²) in [6.45, 7) is 2.21. The molecule has 0 spiro atoms. The lowest BCUT2D eigenvalue weighted by Gasteiger charge is -2.08. The van der Waals surface area contributed by atoms with Gasteiger partial charge in [-0.25, -0.2) is 9.78 Å². The van der Waals surface area contributed by atoms with Gasteiger partial charge in [0.15, 0.2) is 0 Å². The first-order valence-electron chi connectivity index (χ1n) is 8.16. The largest absolute Gasteiger partial charge is 0.487 e. The number of nitrogens with zero attached hydrogens (tertiary/aromatic N) is 2. The number of fused-ring (bicyclic) bond motifs is 1. The SMILES string of the molecule is CCOC(=O)c1cnc(N)c2c(COc3cncc(C(=O)NC)c3)csc12. The van der Waals surface area contributed by atoms with Crippen LogP contribution in [0.1, 0.15) is 33.2 Å². The maximum atomic E-state index is 12.1. The van der Waals surface area contributed by atoms with Gasteiger partial charge in [0.25, 0.3) is 5.91 Å². The van der Waals surface area contributed by atoms with Crippen LogP contribution in [0.2, 0.25) is 0 Å². The van der Waals surface area contributed by atoms with Gasteiger partial charge >= 0.3 is 5.97 Å². The van der Waals surface area contributed by atoms with E-state index >= 15 is 0 Å². The number of amides is 1. The predicted molar refractivity (Wildman–Crippen MR) is 102 cm³/mol. The number of rotatable bonds is 6. The molecule has 0 aliphatic heterocycles. The second kappa shape index (κ2) is 8.00. The quantitative estimate of drug-likeness (QED) is 0.625. The number of nitrogen functional groups attached to an aromatic ring is 1. The average Bonchev–Trinajstić information content (AvgIpc) is 3.11. The molecule has 0 aromatic carbocycles. The number of anilines is 1. The fraction of sp³-hybridized carbons (Fsp3) is 0.222. The van der Waals surface area contributed by atoms with Crippen molar-refractivity contribution >= 4 is 39.1 Å². The molecular formula is C18H18N4O4S. The third-order valence-corrected chi connectivity index (χ3v) is 4.85. The van der Waals surface area contributed by atoms with E-state index in [0.29, 0.717) is 32.8 Å². The van der Waals surface area contributed by atoms with Gasteiger partial charge in [-0.2, -0.15) is 0 Å². The Bertz CT molecular complexity index is 1000. The van der Waals surface area contributed by atoms with E-state index in [2.05, 4.69) is 15.3 Å². The van der Waals surface area contributed by atoms with Crippen LogP contribution < -0.4 is 15.8 Å². The Labute approximate surface area is 159 Å². The Balaban J connectivity index is 1.87. The zero-order valence-electron chi connectivity index (χ0n) is 14.8. The smallest absolute Gasteiger partial charge is 0.341 e. The van der Waals surface area contributed by atoms with Crippen molar-refractivity contribution in [1.29, 1.82) is 0 Å². The number of aromatic nitrogens is 2. The van der Waals surface area contributed by atoms with Crippen LogP contribution in [0.3, 0.4) is 0 Å². The number of hydrogen-bond donors (Lipinski definition) is 2. The molecule has 0 bridgehead atoms. The number of nitrogens with two attached hydrogens (primary N) is 1. The maximum Gasteiger partial charge on any atom is 0.341 e. The number of carbonyl (C=O) groups is 2. The van der Waals surface area contributed by atoms with Crippen LogP contribution in [0.5, 0.6) is 5.75 Å². The summed E-state index contributed by atoms with van der Waals surface area (Å²) in [5.41, 5.74) is 7.58. The molecule has 3 N–H and O–H groups in total. The minimum Gasteiger partial charge on any atom is -0.487 e. The predicted octanol–water partition coefficient (Wildman–Crippen LogP) is 2.39. The second-order valence-corrected chi connectivity index (χ2v) is 6.40. The summed E-state index contributed by atoms with van der Waals surface area (Å²) in [5, 5.41) is 5.07. The van der Waals surface area contributed by atoms with Gasteiger partial charge in [-0.3, -0.25) is 9.78 Å². The van der Waals surface area contributed by atoms with Gasteiger partial charge in [-0.15, -0.1) is 11.3 Å². The molecule has 0 aliphatic rings. The molecule has 0 saturated carbocycles. The average molecular weight is 386 g/mol. The van der Waals surface area contributed by atoms with Crippen molar-refractivity contribution < 1.29 is 19.1 Å². The summed E-state index contributed by atoms with van der Waals surface area (Å²) in [5.74, 6) is 0.0758. The van der Waals surface area contributed by atoms with E-state index in [4.69, 9.17) is 15.2 Å². The molecule has 3 rings (SSSR count). The summed E-state index contributed by atoms with van der Waals surface area (Å²) < 4.78 is 11.5. The molecule has 0 unspecified atom stereocenters. The van der Waals surface area contributed by atoms with Crippen molar-refractivity contribution in [2.75, 3.05) is 19.4 Å². The standard InChI is InChI=1S/C18H18N4O4S/c1-3-25-18(24)13-7-22-16(19)14-11(9-27-15(13)14)8-26-12-4-10(5-21-6-12)17(23)20-2/h4-7,9H,3,8H2,1-2H3,(H2,19,22)(H,20,23). The van der Waals surface area contributed by atoms with Gasteiger partial charge in [0.1, 0.15) is 18.2 Å². The van der Waals surface area contributed by atoms with Gasteiger partial charge in [0.2, 0.25) is 0 Å². The summed E-state index contributed by atoms with van der Waals surface area (Å²) in [6, 6.07) is 1.60. The number of nitrogens with one attached hydrogen (secondary N) is 1. The zero-order valence-corrected chi connectivity index (χ0v) is 15.6. The first-order valence-corrected chi connectivity index (χ1v) is 9.04. The van der Waals surface area contributed by atoms with Gasteiger partial charge in [-0.1, -0.05) is 0 Å². The van der Waals surface area contributed by atoms with Crippen LogP contribution >= 0.6 is 11.3 Å². The first-order chi connectivity index (χ1) is 13.0. The second-order valence-electron chi connectivity index (χ2n) is 5.52.